The molecule has 0 aromatic carbocycles. The summed E-state index contributed by atoms with van der Waals surface area (Å²) in [5.74, 6) is 2.63. The standard InChI is InChI=1S/C18H29N7/c1-19-17(22-13-15-5-8-25(14-15)16-3-4-16)23-9-11-24(12-10-23)18-20-6-2-7-21-18/h2,6-7,15-16H,3-5,8-14H2,1H3,(H,19,22). The lowest BCUT2D eigenvalue weighted by molar-refractivity contribution is 0.312. The lowest BCUT2D eigenvalue weighted by Crippen LogP contribution is -2.53. The van der Waals surface area contributed by atoms with Crippen LogP contribution in [-0.2, 0) is 0 Å². The molecule has 2 saturated heterocycles. The Balaban J connectivity index is 1.23. The number of hydrogen-bond acceptors (Lipinski definition) is 5. The van der Waals surface area contributed by atoms with Gasteiger partial charge in [-0.05, 0) is 37.8 Å². The van der Waals surface area contributed by atoms with E-state index in [1.54, 1.807) is 0 Å². The molecule has 1 aliphatic carbocycles. The molecule has 1 aromatic heterocycles. The number of guanidine groups is 1. The van der Waals surface area contributed by atoms with Crippen LogP contribution in [0.15, 0.2) is 23.5 Å². The third-order valence-corrected chi connectivity index (χ3v) is 5.56. The number of aliphatic imine (C=N–C) groups is 1. The number of nitrogens with one attached hydrogen (secondary N) is 1. The number of piperazine rings is 1. The molecule has 7 nitrogen and oxygen atoms in total. The smallest absolute Gasteiger partial charge is 0.225 e. The number of likely N-dealkylation sites (tertiary alicyclic amines) is 1. The highest BCUT2D eigenvalue weighted by Crippen LogP contribution is 2.31. The van der Waals surface area contributed by atoms with Gasteiger partial charge in [0.1, 0.15) is 0 Å². The predicted octanol–water partition coefficient (Wildman–Crippen LogP) is 0.658. The van der Waals surface area contributed by atoms with Crippen LogP contribution in [0.2, 0.25) is 0 Å². The highest BCUT2D eigenvalue weighted by atomic mass is 15.4. The zero-order valence-electron chi connectivity index (χ0n) is 15.1. The highest BCUT2D eigenvalue weighted by molar-refractivity contribution is 5.80. The first kappa shape index (κ1) is 16.6. The van der Waals surface area contributed by atoms with Gasteiger partial charge in [0, 0.05) is 64.8 Å². The zero-order valence-corrected chi connectivity index (χ0v) is 15.1. The third-order valence-electron chi connectivity index (χ3n) is 5.56. The molecule has 0 spiro atoms. The van der Waals surface area contributed by atoms with E-state index < -0.39 is 0 Å². The van der Waals surface area contributed by atoms with E-state index in [0.29, 0.717) is 0 Å². The molecule has 7 heteroatoms. The van der Waals surface area contributed by atoms with Gasteiger partial charge in [0.15, 0.2) is 5.96 Å². The van der Waals surface area contributed by atoms with E-state index in [-0.39, 0.29) is 0 Å². The van der Waals surface area contributed by atoms with Crippen LogP contribution in [0.3, 0.4) is 0 Å². The van der Waals surface area contributed by atoms with E-state index in [2.05, 4.69) is 35.0 Å². The maximum absolute atomic E-state index is 4.51. The van der Waals surface area contributed by atoms with Gasteiger partial charge < -0.3 is 20.0 Å². The van der Waals surface area contributed by atoms with Crippen LogP contribution in [0.1, 0.15) is 19.3 Å². The predicted molar refractivity (Wildman–Crippen MR) is 99.9 cm³/mol. The van der Waals surface area contributed by atoms with Crippen molar-refractivity contribution >= 4 is 11.9 Å². The molecule has 1 aromatic rings. The molecule has 0 radical (unpaired) electrons. The minimum atomic E-state index is 0.761. The Morgan fingerprint density at radius 3 is 2.56 bits per heavy atom. The highest BCUT2D eigenvalue weighted by Gasteiger charge is 2.34. The van der Waals surface area contributed by atoms with Crippen molar-refractivity contribution in [2.45, 2.75) is 25.3 Å². The first-order chi connectivity index (χ1) is 12.3. The molecule has 3 fully saturated rings. The Hall–Kier alpha value is -1.89. The molecule has 0 bridgehead atoms. The number of rotatable bonds is 4. The Kier molecular flexibility index (Phi) is 5.01. The summed E-state index contributed by atoms with van der Waals surface area (Å²) >= 11 is 0. The third kappa shape index (κ3) is 4.03. The summed E-state index contributed by atoms with van der Waals surface area (Å²) < 4.78 is 0. The molecule has 2 aliphatic heterocycles. The fourth-order valence-electron chi connectivity index (χ4n) is 3.94. The summed E-state index contributed by atoms with van der Waals surface area (Å²) in [5, 5.41) is 3.62. The Morgan fingerprint density at radius 1 is 1.12 bits per heavy atom. The van der Waals surface area contributed by atoms with Crippen molar-refractivity contribution in [2.75, 3.05) is 57.8 Å². The summed E-state index contributed by atoms with van der Waals surface area (Å²) in [7, 11) is 1.89. The monoisotopic (exact) mass is 343 g/mol. The van der Waals surface area contributed by atoms with Gasteiger partial charge in [-0.3, -0.25) is 4.99 Å². The van der Waals surface area contributed by atoms with Gasteiger partial charge in [0.25, 0.3) is 0 Å². The van der Waals surface area contributed by atoms with Crippen molar-refractivity contribution in [3.8, 4) is 0 Å². The largest absolute Gasteiger partial charge is 0.356 e. The first-order valence-corrected chi connectivity index (χ1v) is 9.55. The van der Waals surface area contributed by atoms with Gasteiger partial charge in [-0.25, -0.2) is 9.97 Å². The molecule has 1 atom stereocenters. The number of hydrogen-bond donors (Lipinski definition) is 1. The van der Waals surface area contributed by atoms with Gasteiger partial charge in [-0.15, -0.1) is 0 Å². The molecule has 4 rings (SSSR count). The van der Waals surface area contributed by atoms with E-state index in [1.165, 1.54) is 32.4 Å². The summed E-state index contributed by atoms with van der Waals surface area (Å²) in [4.78, 5) is 20.5. The summed E-state index contributed by atoms with van der Waals surface area (Å²) in [6.07, 6.45) is 7.76. The second-order valence-electron chi connectivity index (χ2n) is 7.33. The van der Waals surface area contributed by atoms with Crippen molar-refractivity contribution in [1.82, 2.24) is 25.1 Å². The van der Waals surface area contributed by atoms with E-state index in [9.17, 15) is 0 Å². The fourth-order valence-corrected chi connectivity index (χ4v) is 3.94. The molecule has 0 amide bonds. The van der Waals surface area contributed by atoms with Crippen molar-refractivity contribution in [2.24, 2.45) is 10.9 Å². The van der Waals surface area contributed by atoms with E-state index in [4.69, 9.17) is 0 Å². The van der Waals surface area contributed by atoms with Crippen LogP contribution in [0.5, 0.6) is 0 Å². The van der Waals surface area contributed by atoms with Crippen LogP contribution in [0.25, 0.3) is 0 Å². The lowest BCUT2D eigenvalue weighted by Gasteiger charge is -2.36. The Labute approximate surface area is 150 Å². The average Bonchev–Trinajstić information content (AvgIpc) is 3.42. The summed E-state index contributed by atoms with van der Waals surface area (Å²) in [6, 6.07) is 2.76. The number of anilines is 1. The minimum absolute atomic E-state index is 0.761. The lowest BCUT2D eigenvalue weighted by atomic mass is 10.1. The normalized spacial score (nSPS) is 25.5. The molecular weight excluding hydrogens is 314 g/mol. The quantitative estimate of drug-likeness (QED) is 0.640. The second-order valence-corrected chi connectivity index (χ2v) is 7.33. The van der Waals surface area contributed by atoms with Crippen LogP contribution in [0, 0.1) is 5.92 Å². The van der Waals surface area contributed by atoms with Gasteiger partial charge in [-0.1, -0.05) is 0 Å². The van der Waals surface area contributed by atoms with Crippen molar-refractivity contribution in [3.05, 3.63) is 18.5 Å². The van der Waals surface area contributed by atoms with Crippen LogP contribution in [0.4, 0.5) is 5.95 Å². The molecule has 3 heterocycles. The SMILES string of the molecule is CN=C(NCC1CCN(C2CC2)C1)N1CCN(c2ncccn2)CC1. The first-order valence-electron chi connectivity index (χ1n) is 9.55. The van der Waals surface area contributed by atoms with E-state index >= 15 is 0 Å². The van der Waals surface area contributed by atoms with Gasteiger partial charge in [0.2, 0.25) is 5.95 Å². The molecular formula is C18H29N7. The van der Waals surface area contributed by atoms with Crippen LogP contribution >= 0.6 is 0 Å². The molecule has 136 valence electrons. The second kappa shape index (κ2) is 7.56. The Bertz CT molecular complexity index is 578. The maximum atomic E-state index is 4.51. The minimum Gasteiger partial charge on any atom is -0.356 e. The van der Waals surface area contributed by atoms with Crippen molar-refractivity contribution in [3.63, 3.8) is 0 Å². The molecule has 1 N–H and O–H groups in total. The summed E-state index contributed by atoms with van der Waals surface area (Å²) in [6.45, 7) is 7.36. The maximum Gasteiger partial charge on any atom is 0.225 e. The fraction of sp³-hybridized carbons (Fsp3) is 0.722. The molecule has 1 saturated carbocycles. The molecule has 25 heavy (non-hydrogen) atoms. The van der Waals surface area contributed by atoms with Gasteiger partial charge in [-0.2, -0.15) is 0 Å². The summed E-state index contributed by atoms with van der Waals surface area (Å²) in [5.41, 5.74) is 0. The van der Waals surface area contributed by atoms with Crippen molar-refractivity contribution in [1.29, 1.82) is 0 Å². The van der Waals surface area contributed by atoms with Crippen LogP contribution in [-0.4, -0.2) is 84.6 Å². The number of nitrogens with zero attached hydrogens (tertiary/aromatic N) is 6. The molecule has 3 aliphatic rings. The van der Waals surface area contributed by atoms with Crippen LogP contribution < -0.4 is 10.2 Å². The Morgan fingerprint density at radius 2 is 1.88 bits per heavy atom. The van der Waals surface area contributed by atoms with Gasteiger partial charge >= 0.3 is 0 Å². The van der Waals surface area contributed by atoms with E-state index in [1.807, 2.05) is 25.5 Å². The van der Waals surface area contributed by atoms with Crippen molar-refractivity contribution < 1.29 is 0 Å². The van der Waals surface area contributed by atoms with E-state index in [0.717, 1.165) is 56.6 Å². The zero-order chi connectivity index (χ0) is 17.1. The number of aromatic nitrogens is 2. The molecule has 1 unspecified atom stereocenters. The topological polar surface area (TPSA) is 59.9 Å². The average molecular weight is 343 g/mol. The van der Waals surface area contributed by atoms with Gasteiger partial charge in [0.05, 0.1) is 0 Å².